The number of aromatic nitrogens is 1. The number of nitrogens with zero attached hydrogens (tertiary/aromatic N) is 2. The predicted molar refractivity (Wildman–Crippen MR) is 86.7 cm³/mol. The summed E-state index contributed by atoms with van der Waals surface area (Å²) in [6.45, 7) is 7.06. The van der Waals surface area contributed by atoms with Crippen LogP contribution >= 0.6 is 0 Å². The fourth-order valence-corrected chi connectivity index (χ4v) is 3.18. The van der Waals surface area contributed by atoms with Crippen molar-refractivity contribution in [2.75, 3.05) is 18.9 Å². The Morgan fingerprint density at radius 3 is 2.90 bits per heavy atom. The van der Waals surface area contributed by atoms with Gasteiger partial charge in [0.05, 0.1) is 11.3 Å². The smallest absolute Gasteiger partial charge is 0.257 e. The summed E-state index contributed by atoms with van der Waals surface area (Å²) in [6, 6.07) is 2.31. The van der Waals surface area contributed by atoms with E-state index in [1.165, 1.54) is 12.8 Å². The van der Waals surface area contributed by atoms with Crippen LogP contribution in [0.25, 0.3) is 0 Å². The molecule has 1 heterocycles. The van der Waals surface area contributed by atoms with Gasteiger partial charge in [-0.3, -0.25) is 9.78 Å². The number of amides is 1. The van der Waals surface area contributed by atoms with Crippen LogP contribution in [0.3, 0.4) is 0 Å². The van der Waals surface area contributed by atoms with Crippen molar-refractivity contribution in [3.05, 3.63) is 23.5 Å². The van der Waals surface area contributed by atoms with Gasteiger partial charge < -0.3 is 10.2 Å². The molecule has 1 amide bonds. The van der Waals surface area contributed by atoms with Crippen LogP contribution in [0, 0.1) is 12.8 Å². The summed E-state index contributed by atoms with van der Waals surface area (Å²) >= 11 is 0. The SMILES string of the molecule is CCNc1cc(C)ncc1C(=O)N(C)C1CCCC(C)C1. The van der Waals surface area contributed by atoms with Gasteiger partial charge in [0.25, 0.3) is 5.91 Å². The van der Waals surface area contributed by atoms with Gasteiger partial charge in [-0.15, -0.1) is 0 Å². The fourth-order valence-electron chi connectivity index (χ4n) is 3.18. The lowest BCUT2D eigenvalue weighted by Gasteiger charge is -2.34. The maximum atomic E-state index is 12.8. The van der Waals surface area contributed by atoms with Crippen molar-refractivity contribution in [3.63, 3.8) is 0 Å². The predicted octanol–water partition coefficient (Wildman–Crippen LogP) is 3.47. The largest absolute Gasteiger partial charge is 0.385 e. The van der Waals surface area contributed by atoms with Crippen LogP contribution in [0.2, 0.25) is 0 Å². The molecule has 0 aromatic carbocycles. The Labute approximate surface area is 127 Å². The number of nitrogens with one attached hydrogen (secondary N) is 1. The van der Waals surface area contributed by atoms with E-state index in [4.69, 9.17) is 0 Å². The maximum absolute atomic E-state index is 12.8. The standard InChI is InChI=1S/C17H27N3O/c1-5-18-16-10-13(3)19-11-15(16)17(21)20(4)14-8-6-7-12(2)9-14/h10-12,14H,5-9H2,1-4H3,(H,18,19). The molecule has 0 radical (unpaired) electrons. The molecular weight excluding hydrogens is 262 g/mol. The highest BCUT2D eigenvalue weighted by Crippen LogP contribution is 2.28. The van der Waals surface area contributed by atoms with E-state index < -0.39 is 0 Å². The van der Waals surface area contributed by atoms with Crippen molar-refractivity contribution >= 4 is 11.6 Å². The number of hydrogen-bond donors (Lipinski definition) is 1. The molecular formula is C17H27N3O. The van der Waals surface area contributed by atoms with E-state index in [0.717, 1.165) is 30.8 Å². The summed E-state index contributed by atoms with van der Waals surface area (Å²) in [6.07, 6.45) is 6.43. The molecule has 4 nitrogen and oxygen atoms in total. The number of rotatable bonds is 4. The van der Waals surface area contributed by atoms with Crippen LogP contribution in [0.1, 0.15) is 55.6 Å². The molecule has 1 aliphatic carbocycles. The lowest BCUT2D eigenvalue weighted by Crippen LogP contribution is -2.40. The second-order valence-electron chi connectivity index (χ2n) is 6.24. The van der Waals surface area contributed by atoms with E-state index in [0.29, 0.717) is 17.5 Å². The monoisotopic (exact) mass is 289 g/mol. The molecule has 1 N–H and O–H groups in total. The van der Waals surface area contributed by atoms with Crippen molar-refractivity contribution in [1.82, 2.24) is 9.88 Å². The fraction of sp³-hybridized carbons (Fsp3) is 0.647. The first kappa shape index (κ1) is 15.8. The lowest BCUT2D eigenvalue weighted by atomic mass is 9.86. The van der Waals surface area contributed by atoms with Crippen molar-refractivity contribution in [2.45, 2.75) is 52.5 Å². The van der Waals surface area contributed by atoms with Crippen molar-refractivity contribution in [2.24, 2.45) is 5.92 Å². The molecule has 116 valence electrons. The van der Waals surface area contributed by atoms with Crippen molar-refractivity contribution in [3.8, 4) is 0 Å². The molecule has 0 saturated heterocycles. The second kappa shape index (κ2) is 6.92. The van der Waals surface area contributed by atoms with Crippen LogP contribution in [-0.2, 0) is 0 Å². The Morgan fingerprint density at radius 1 is 1.48 bits per heavy atom. The highest BCUT2D eigenvalue weighted by atomic mass is 16.2. The number of hydrogen-bond acceptors (Lipinski definition) is 3. The minimum absolute atomic E-state index is 0.0811. The van der Waals surface area contributed by atoms with Gasteiger partial charge in [-0.1, -0.05) is 19.8 Å². The van der Waals surface area contributed by atoms with Gasteiger partial charge in [0.15, 0.2) is 0 Å². The lowest BCUT2D eigenvalue weighted by molar-refractivity contribution is 0.0673. The molecule has 1 fully saturated rings. The Hall–Kier alpha value is -1.58. The van der Waals surface area contributed by atoms with Crippen LogP contribution in [-0.4, -0.2) is 35.4 Å². The summed E-state index contributed by atoms with van der Waals surface area (Å²) < 4.78 is 0. The number of pyridine rings is 1. The van der Waals surface area contributed by atoms with Gasteiger partial charge in [-0.25, -0.2) is 0 Å². The third-order valence-corrected chi connectivity index (χ3v) is 4.42. The van der Waals surface area contributed by atoms with E-state index >= 15 is 0 Å². The van der Waals surface area contributed by atoms with Gasteiger partial charge in [-0.2, -0.15) is 0 Å². The third-order valence-electron chi connectivity index (χ3n) is 4.42. The first-order valence-corrected chi connectivity index (χ1v) is 8.00. The quantitative estimate of drug-likeness (QED) is 0.923. The average molecular weight is 289 g/mol. The zero-order chi connectivity index (χ0) is 15.4. The van der Waals surface area contributed by atoms with E-state index in [1.807, 2.05) is 31.9 Å². The van der Waals surface area contributed by atoms with Crippen LogP contribution < -0.4 is 5.32 Å². The van der Waals surface area contributed by atoms with Crippen molar-refractivity contribution < 1.29 is 4.79 Å². The van der Waals surface area contributed by atoms with Crippen LogP contribution in [0.15, 0.2) is 12.3 Å². The molecule has 0 spiro atoms. The Kier molecular flexibility index (Phi) is 5.21. The summed E-state index contributed by atoms with van der Waals surface area (Å²) in [5, 5.41) is 3.28. The number of carbonyl (C=O) groups is 1. The summed E-state index contributed by atoms with van der Waals surface area (Å²) in [5.41, 5.74) is 2.50. The van der Waals surface area contributed by atoms with Crippen LogP contribution in [0.4, 0.5) is 5.69 Å². The maximum Gasteiger partial charge on any atom is 0.257 e. The Balaban J connectivity index is 2.18. The molecule has 2 rings (SSSR count). The number of anilines is 1. The zero-order valence-corrected chi connectivity index (χ0v) is 13.6. The second-order valence-corrected chi connectivity index (χ2v) is 6.24. The van der Waals surface area contributed by atoms with E-state index in [-0.39, 0.29) is 5.91 Å². The first-order valence-electron chi connectivity index (χ1n) is 8.00. The average Bonchev–Trinajstić information content (AvgIpc) is 2.46. The van der Waals surface area contributed by atoms with E-state index in [1.54, 1.807) is 6.20 Å². The first-order chi connectivity index (χ1) is 10.0. The zero-order valence-electron chi connectivity index (χ0n) is 13.6. The molecule has 0 aliphatic heterocycles. The van der Waals surface area contributed by atoms with Crippen molar-refractivity contribution in [1.29, 1.82) is 0 Å². The van der Waals surface area contributed by atoms with Crippen LogP contribution in [0.5, 0.6) is 0 Å². The normalized spacial score (nSPS) is 21.9. The molecule has 1 saturated carbocycles. The molecule has 0 bridgehead atoms. The van der Waals surface area contributed by atoms with Gasteiger partial charge in [0.1, 0.15) is 0 Å². The van der Waals surface area contributed by atoms with Gasteiger partial charge in [0.2, 0.25) is 0 Å². The minimum Gasteiger partial charge on any atom is -0.385 e. The number of aryl methyl sites for hydroxylation is 1. The summed E-state index contributed by atoms with van der Waals surface area (Å²) in [4.78, 5) is 19.0. The molecule has 1 aromatic heterocycles. The van der Waals surface area contributed by atoms with Gasteiger partial charge in [-0.05, 0) is 38.7 Å². The minimum atomic E-state index is 0.0811. The van der Waals surface area contributed by atoms with Gasteiger partial charge in [0, 0.05) is 31.5 Å². The summed E-state index contributed by atoms with van der Waals surface area (Å²) in [5.74, 6) is 0.793. The summed E-state index contributed by atoms with van der Waals surface area (Å²) in [7, 11) is 1.93. The molecule has 1 aliphatic rings. The molecule has 21 heavy (non-hydrogen) atoms. The Morgan fingerprint density at radius 2 is 2.24 bits per heavy atom. The van der Waals surface area contributed by atoms with E-state index in [9.17, 15) is 4.79 Å². The van der Waals surface area contributed by atoms with Gasteiger partial charge >= 0.3 is 0 Å². The molecule has 4 heteroatoms. The highest BCUT2D eigenvalue weighted by Gasteiger charge is 2.27. The molecule has 1 aromatic rings. The third kappa shape index (κ3) is 3.74. The molecule has 2 unspecified atom stereocenters. The number of carbonyl (C=O) groups excluding carboxylic acids is 1. The topological polar surface area (TPSA) is 45.2 Å². The molecule has 2 atom stereocenters. The van der Waals surface area contributed by atoms with E-state index in [2.05, 4.69) is 17.2 Å². The highest BCUT2D eigenvalue weighted by molar-refractivity contribution is 5.99. The Bertz CT molecular complexity index is 501.